The van der Waals surface area contributed by atoms with Crippen LogP contribution in [0.2, 0.25) is 0 Å². The van der Waals surface area contributed by atoms with Crippen molar-refractivity contribution >= 4 is 5.69 Å². The fourth-order valence-electron chi connectivity index (χ4n) is 1.66. The summed E-state index contributed by atoms with van der Waals surface area (Å²) in [6.45, 7) is 4.22. The highest BCUT2D eigenvalue weighted by atomic mass is 16.6. The maximum Gasteiger partial charge on any atom is 0.280 e. The maximum atomic E-state index is 10.9. The van der Waals surface area contributed by atoms with Crippen molar-refractivity contribution in [3.05, 3.63) is 59.4 Å². The van der Waals surface area contributed by atoms with E-state index in [-0.39, 0.29) is 5.69 Å². The van der Waals surface area contributed by atoms with Gasteiger partial charge in [-0.15, -0.1) is 6.58 Å². The van der Waals surface area contributed by atoms with Crippen LogP contribution >= 0.6 is 0 Å². The molecule has 0 radical (unpaired) electrons. The number of nitro groups is 1. The SMILES string of the molecule is C=CCn1ccnc1-c1ccccc1[N+](=O)[O-]. The number of rotatable bonds is 4. The van der Waals surface area contributed by atoms with Gasteiger partial charge in [-0.2, -0.15) is 0 Å². The largest absolute Gasteiger partial charge is 0.327 e. The summed E-state index contributed by atoms with van der Waals surface area (Å²) in [6.07, 6.45) is 5.11. The molecule has 86 valence electrons. The lowest BCUT2D eigenvalue weighted by atomic mass is 10.1. The van der Waals surface area contributed by atoms with Crippen LogP contribution in [0.25, 0.3) is 11.4 Å². The first-order chi connectivity index (χ1) is 8.24. The van der Waals surface area contributed by atoms with Crippen LogP contribution in [0.4, 0.5) is 5.69 Å². The van der Waals surface area contributed by atoms with Crippen LogP contribution in [0.5, 0.6) is 0 Å². The van der Waals surface area contributed by atoms with E-state index in [0.717, 1.165) is 0 Å². The minimum Gasteiger partial charge on any atom is -0.327 e. The molecule has 0 spiro atoms. The highest BCUT2D eigenvalue weighted by molar-refractivity contribution is 5.68. The smallest absolute Gasteiger partial charge is 0.280 e. The van der Waals surface area contributed by atoms with Crippen molar-refractivity contribution in [2.75, 3.05) is 0 Å². The number of hydrogen-bond acceptors (Lipinski definition) is 3. The van der Waals surface area contributed by atoms with Gasteiger partial charge in [-0.3, -0.25) is 10.1 Å². The van der Waals surface area contributed by atoms with Crippen molar-refractivity contribution in [3.8, 4) is 11.4 Å². The average molecular weight is 229 g/mol. The van der Waals surface area contributed by atoms with Gasteiger partial charge in [0.25, 0.3) is 5.69 Å². The first-order valence-corrected chi connectivity index (χ1v) is 5.10. The van der Waals surface area contributed by atoms with E-state index in [0.29, 0.717) is 17.9 Å². The Balaban J connectivity index is 2.56. The Morgan fingerprint density at radius 2 is 2.24 bits per heavy atom. The van der Waals surface area contributed by atoms with Crippen LogP contribution in [0.15, 0.2) is 49.3 Å². The zero-order chi connectivity index (χ0) is 12.3. The molecular weight excluding hydrogens is 218 g/mol. The predicted octanol–water partition coefficient (Wildman–Crippen LogP) is 2.64. The standard InChI is InChI=1S/C12H11N3O2/c1-2-8-14-9-7-13-12(14)10-5-3-4-6-11(10)15(16)17/h2-7,9H,1,8H2. The first kappa shape index (κ1) is 11.1. The molecule has 5 nitrogen and oxygen atoms in total. The van der Waals surface area contributed by atoms with Crippen LogP contribution in [0.1, 0.15) is 0 Å². The molecule has 17 heavy (non-hydrogen) atoms. The van der Waals surface area contributed by atoms with E-state index in [1.807, 2.05) is 4.57 Å². The number of nitro benzene ring substituents is 1. The molecule has 0 aliphatic heterocycles. The summed E-state index contributed by atoms with van der Waals surface area (Å²) in [7, 11) is 0. The van der Waals surface area contributed by atoms with Gasteiger partial charge < -0.3 is 4.57 Å². The molecule has 0 atom stereocenters. The van der Waals surface area contributed by atoms with E-state index >= 15 is 0 Å². The average Bonchev–Trinajstić information content (AvgIpc) is 2.77. The van der Waals surface area contributed by atoms with Crippen LogP contribution in [0.3, 0.4) is 0 Å². The molecule has 1 aromatic heterocycles. The summed E-state index contributed by atoms with van der Waals surface area (Å²) in [5.74, 6) is 0.581. The Morgan fingerprint density at radius 3 is 2.94 bits per heavy atom. The topological polar surface area (TPSA) is 61.0 Å². The van der Waals surface area contributed by atoms with Crippen molar-refractivity contribution < 1.29 is 4.92 Å². The molecule has 0 amide bonds. The molecule has 5 heteroatoms. The second-order valence-electron chi connectivity index (χ2n) is 3.47. The van der Waals surface area contributed by atoms with E-state index in [9.17, 15) is 10.1 Å². The second kappa shape index (κ2) is 4.61. The van der Waals surface area contributed by atoms with Crippen molar-refractivity contribution in [2.24, 2.45) is 0 Å². The number of benzene rings is 1. The molecule has 0 aliphatic carbocycles. The van der Waals surface area contributed by atoms with Crippen LogP contribution in [0, 0.1) is 10.1 Å². The van der Waals surface area contributed by atoms with Gasteiger partial charge >= 0.3 is 0 Å². The molecule has 2 rings (SSSR count). The highest BCUT2D eigenvalue weighted by Crippen LogP contribution is 2.27. The number of allylic oxidation sites excluding steroid dienone is 1. The van der Waals surface area contributed by atoms with E-state index < -0.39 is 4.92 Å². The van der Waals surface area contributed by atoms with Crippen LogP contribution < -0.4 is 0 Å². The third-order valence-corrected chi connectivity index (χ3v) is 2.38. The number of hydrogen-bond donors (Lipinski definition) is 0. The van der Waals surface area contributed by atoms with Gasteiger partial charge in [0.15, 0.2) is 0 Å². The van der Waals surface area contributed by atoms with Gasteiger partial charge in [0.05, 0.1) is 10.5 Å². The van der Waals surface area contributed by atoms with Crippen molar-refractivity contribution in [3.63, 3.8) is 0 Å². The molecule has 0 fully saturated rings. The van der Waals surface area contributed by atoms with E-state index in [2.05, 4.69) is 11.6 Å². The molecule has 1 aromatic carbocycles. The summed E-state index contributed by atoms with van der Waals surface area (Å²) in [5.41, 5.74) is 0.577. The van der Waals surface area contributed by atoms with Crippen LogP contribution in [-0.4, -0.2) is 14.5 Å². The maximum absolute atomic E-state index is 10.9. The second-order valence-corrected chi connectivity index (χ2v) is 3.47. The lowest BCUT2D eigenvalue weighted by Gasteiger charge is -2.05. The Bertz CT molecular complexity index is 560. The normalized spacial score (nSPS) is 10.1. The van der Waals surface area contributed by atoms with E-state index in [4.69, 9.17) is 0 Å². The minimum absolute atomic E-state index is 0.0593. The zero-order valence-electron chi connectivity index (χ0n) is 9.11. The van der Waals surface area contributed by atoms with Crippen molar-refractivity contribution in [1.82, 2.24) is 9.55 Å². The fraction of sp³-hybridized carbons (Fsp3) is 0.0833. The Hall–Kier alpha value is -2.43. The Morgan fingerprint density at radius 1 is 1.47 bits per heavy atom. The van der Waals surface area contributed by atoms with Gasteiger partial charge in [-0.05, 0) is 6.07 Å². The summed E-state index contributed by atoms with van der Waals surface area (Å²) in [5, 5.41) is 10.9. The number of para-hydroxylation sites is 1. The van der Waals surface area contributed by atoms with E-state index in [1.165, 1.54) is 6.07 Å². The molecule has 0 bridgehead atoms. The van der Waals surface area contributed by atoms with Gasteiger partial charge in [0.1, 0.15) is 5.82 Å². The lowest BCUT2D eigenvalue weighted by Crippen LogP contribution is -1.99. The number of aromatic nitrogens is 2. The quantitative estimate of drug-likeness (QED) is 0.460. The summed E-state index contributed by atoms with van der Waals surface area (Å²) in [6, 6.07) is 6.57. The first-order valence-electron chi connectivity index (χ1n) is 5.10. The number of nitrogens with zero attached hydrogens (tertiary/aromatic N) is 3. The van der Waals surface area contributed by atoms with Crippen molar-refractivity contribution in [2.45, 2.75) is 6.54 Å². The molecule has 0 saturated carbocycles. The molecule has 2 aromatic rings. The monoisotopic (exact) mass is 229 g/mol. The van der Waals surface area contributed by atoms with E-state index in [1.54, 1.807) is 36.7 Å². The van der Waals surface area contributed by atoms with Gasteiger partial charge in [-0.25, -0.2) is 4.98 Å². The lowest BCUT2D eigenvalue weighted by molar-refractivity contribution is -0.384. The third-order valence-electron chi connectivity index (χ3n) is 2.38. The Kier molecular flexibility index (Phi) is 3.00. The highest BCUT2D eigenvalue weighted by Gasteiger charge is 2.17. The molecule has 0 saturated heterocycles. The summed E-state index contributed by atoms with van der Waals surface area (Å²) in [4.78, 5) is 14.7. The molecule has 0 aliphatic rings. The predicted molar refractivity (Wildman–Crippen MR) is 64.5 cm³/mol. The Labute approximate surface area is 98.2 Å². The minimum atomic E-state index is -0.401. The third kappa shape index (κ3) is 2.08. The van der Waals surface area contributed by atoms with Crippen LogP contribution in [-0.2, 0) is 6.54 Å². The van der Waals surface area contributed by atoms with Gasteiger partial charge in [0.2, 0.25) is 0 Å². The molecule has 0 N–H and O–H groups in total. The van der Waals surface area contributed by atoms with Crippen molar-refractivity contribution in [1.29, 1.82) is 0 Å². The van der Waals surface area contributed by atoms with Gasteiger partial charge in [0, 0.05) is 25.0 Å². The summed E-state index contributed by atoms with van der Waals surface area (Å²) < 4.78 is 1.81. The van der Waals surface area contributed by atoms with Gasteiger partial charge in [-0.1, -0.05) is 18.2 Å². The number of imidazole rings is 1. The molecule has 0 unspecified atom stereocenters. The summed E-state index contributed by atoms with van der Waals surface area (Å²) >= 11 is 0. The fourth-order valence-corrected chi connectivity index (χ4v) is 1.66. The molecular formula is C12H11N3O2. The molecule has 1 heterocycles. The zero-order valence-corrected chi connectivity index (χ0v) is 9.11.